The normalized spacial score (nSPS) is 10.9. The summed E-state index contributed by atoms with van der Waals surface area (Å²) in [4.78, 5) is 24.8. The predicted molar refractivity (Wildman–Crippen MR) is 97.6 cm³/mol. The molecule has 0 radical (unpaired) electrons. The van der Waals surface area contributed by atoms with E-state index >= 15 is 0 Å². The number of rotatable bonds is 4. The van der Waals surface area contributed by atoms with Crippen molar-refractivity contribution in [2.45, 2.75) is 6.54 Å². The average molecular weight is 380 g/mol. The summed E-state index contributed by atoms with van der Waals surface area (Å²) in [7, 11) is 0. The van der Waals surface area contributed by atoms with E-state index in [0.29, 0.717) is 11.4 Å². The molecule has 2 N–H and O–H groups in total. The van der Waals surface area contributed by atoms with Gasteiger partial charge in [0.1, 0.15) is 23.5 Å². The fourth-order valence-corrected chi connectivity index (χ4v) is 2.66. The van der Waals surface area contributed by atoms with Crippen molar-refractivity contribution in [1.29, 1.82) is 0 Å². The Morgan fingerprint density at radius 3 is 2.71 bits per heavy atom. The molecule has 0 unspecified atom stereocenters. The zero-order chi connectivity index (χ0) is 19.7. The maximum absolute atomic E-state index is 13.1. The number of hydrogen-bond acceptors (Lipinski definition) is 6. The Labute approximate surface area is 156 Å². The van der Waals surface area contributed by atoms with Gasteiger partial charge in [-0.25, -0.2) is 13.8 Å². The number of amides is 1. The molecule has 0 saturated heterocycles. The van der Waals surface area contributed by atoms with Crippen LogP contribution < -0.4 is 10.9 Å². The minimum atomic E-state index is -0.538. The second-order valence-electron chi connectivity index (χ2n) is 5.92. The number of halogens is 1. The fraction of sp³-hybridized carbons (Fsp3) is 0.0556. The number of anilines is 1. The molecule has 0 saturated carbocycles. The number of phenolic OH excluding ortho intramolecular Hbond substituents is 1. The van der Waals surface area contributed by atoms with Gasteiger partial charge in [0.25, 0.3) is 5.56 Å². The van der Waals surface area contributed by atoms with E-state index in [0.717, 1.165) is 4.68 Å². The van der Waals surface area contributed by atoms with Crippen LogP contribution in [-0.4, -0.2) is 35.8 Å². The number of carbonyl (C=O) groups is 1. The first-order chi connectivity index (χ1) is 13.5. The maximum Gasteiger partial charge on any atom is 0.281 e. The van der Waals surface area contributed by atoms with Crippen LogP contribution in [-0.2, 0) is 11.3 Å². The standard InChI is InChI=1S/C18H13FN6O3/c19-11-4-6-13(7-5-11)25-17-15(9-20-25)18(28)24(23-22-17)10-16(27)21-12-2-1-3-14(26)8-12/h1-9,26H,10H2,(H,21,27). The fourth-order valence-electron chi connectivity index (χ4n) is 2.66. The largest absolute Gasteiger partial charge is 0.508 e. The van der Waals surface area contributed by atoms with Crippen molar-refractivity contribution in [3.05, 3.63) is 70.9 Å². The van der Waals surface area contributed by atoms with Crippen molar-refractivity contribution < 1.29 is 14.3 Å². The number of nitrogens with one attached hydrogen (secondary N) is 1. The highest BCUT2D eigenvalue weighted by Crippen LogP contribution is 2.16. The first-order valence-electron chi connectivity index (χ1n) is 8.17. The summed E-state index contributed by atoms with van der Waals surface area (Å²) in [6, 6.07) is 11.6. The van der Waals surface area contributed by atoms with Gasteiger partial charge in [-0.2, -0.15) is 5.10 Å². The monoisotopic (exact) mass is 380 g/mol. The first-order valence-corrected chi connectivity index (χ1v) is 8.17. The van der Waals surface area contributed by atoms with E-state index in [1.807, 2.05) is 0 Å². The van der Waals surface area contributed by atoms with Crippen LogP contribution in [0.15, 0.2) is 59.5 Å². The van der Waals surface area contributed by atoms with Crippen molar-refractivity contribution in [1.82, 2.24) is 24.8 Å². The van der Waals surface area contributed by atoms with E-state index in [2.05, 4.69) is 20.7 Å². The Morgan fingerprint density at radius 2 is 1.96 bits per heavy atom. The van der Waals surface area contributed by atoms with Gasteiger partial charge in [-0.05, 0) is 36.4 Å². The van der Waals surface area contributed by atoms with Crippen LogP contribution in [0.25, 0.3) is 16.7 Å². The lowest BCUT2D eigenvalue weighted by atomic mass is 10.3. The van der Waals surface area contributed by atoms with Crippen LogP contribution in [0.4, 0.5) is 10.1 Å². The SMILES string of the molecule is O=C(Cn1nnc2c(cnn2-c2ccc(F)cc2)c1=O)Nc1cccc(O)c1. The number of aromatic hydroxyl groups is 1. The molecule has 0 aliphatic heterocycles. The third-order valence-electron chi connectivity index (χ3n) is 3.95. The van der Waals surface area contributed by atoms with Gasteiger partial charge in [0.2, 0.25) is 5.91 Å². The molecule has 0 aliphatic rings. The summed E-state index contributed by atoms with van der Waals surface area (Å²) in [5.41, 5.74) is 0.561. The van der Waals surface area contributed by atoms with E-state index in [1.165, 1.54) is 47.3 Å². The van der Waals surface area contributed by atoms with Crippen molar-refractivity contribution >= 4 is 22.6 Å². The third-order valence-corrected chi connectivity index (χ3v) is 3.95. The summed E-state index contributed by atoms with van der Waals surface area (Å²) in [6.45, 7) is -0.362. The highest BCUT2D eigenvalue weighted by Gasteiger charge is 2.14. The number of phenols is 1. The van der Waals surface area contributed by atoms with E-state index in [4.69, 9.17) is 0 Å². The molecule has 140 valence electrons. The van der Waals surface area contributed by atoms with Crippen LogP contribution >= 0.6 is 0 Å². The van der Waals surface area contributed by atoms with Crippen molar-refractivity contribution in [3.8, 4) is 11.4 Å². The van der Waals surface area contributed by atoms with Crippen LogP contribution in [0, 0.1) is 5.82 Å². The first kappa shape index (κ1) is 17.3. The van der Waals surface area contributed by atoms with Crippen molar-refractivity contribution in [3.63, 3.8) is 0 Å². The van der Waals surface area contributed by atoms with Gasteiger partial charge in [0, 0.05) is 11.8 Å². The number of nitrogens with zero attached hydrogens (tertiary/aromatic N) is 5. The van der Waals surface area contributed by atoms with Crippen LogP contribution in [0.5, 0.6) is 5.75 Å². The molecule has 0 atom stereocenters. The van der Waals surface area contributed by atoms with E-state index in [-0.39, 0.29) is 23.3 Å². The van der Waals surface area contributed by atoms with Gasteiger partial charge < -0.3 is 10.4 Å². The molecular formula is C18H13FN6O3. The highest BCUT2D eigenvalue weighted by molar-refractivity contribution is 5.90. The van der Waals surface area contributed by atoms with Gasteiger partial charge in [-0.15, -0.1) is 5.10 Å². The lowest BCUT2D eigenvalue weighted by molar-refractivity contribution is -0.117. The molecule has 0 spiro atoms. The Hall–Kier alpha value is -4.08. The van der Waals surface area contributed by atoms with Gasteiger partial charge in [-0.1, -0.05) is 11.3 Å². The summed E-state index contributed by atoms with van der Waals surface area (Å²) < 4.78 is 15.4. The lowest BCUT2D eigenvalue weighted by Gasteiger charge is -2.07. The minimum Gasteiger partial charge on any atom is -0.508 e. The summed E-state index contributed by atoms with van der Waals surface area (Å²) >= 11 is 0. The molecule has 4 rings (SSSR count). The van der Waals surface area contributed by atoms with Gasteiger partial charge in [0.05, 0.1) is 11.9 Å². The van der Waals surface area contributed by atoms with Crippen LogP contribution in [0.1, 0.15) is 0 Å². The Morgan fingerprint density at radius 1 is 1.18 bits per heavy atom. The molecule has 28 heavy (non-hydrogen) atoms. The van der Waals surface area contributed by atoms with Crippen molar-refractivity contribution in [2.24, 2.45) is 0 Å². The second kappa shape index (κ2) is 6.91. The molecule has 2 aromatic carbocycles. The van der Waals surface area contributed by atoms with Crippen molar-refractivity contribution in [2.75, 3.05) is 5.32 Å². The van der Waals surface area contributed by atoms with Gasteiger partial charge in [-0.3, -0.25) is 9.59 Å². The second-order valence-corrected chi connectivity index (χ2v) is 5.92. The number of carbonyl (C=O) groups excluding carboxylic acids is 1. The number of aromatic nitrogens is 5. The Kier molecular flexibility index (Phi) is 4.28. The lowest BCUT2D eigenvalue weighted by Crippen LogP contribution is -2.30. The smallest absolute Gasteiger partial charge is 0.281 e. The zero-order valence-corrected chi connectivity index (χ0v) is 14.3. The van der Waals surface area contributed by atoms with Crippen LogP contribution in [0.3, 0.4) is 0 Å². The Bertz CT molecular complexity index is 1230. The molecular weight excluding hydrogens is 367 g/mol. The maximum atomic E-state index is 13.1. The van der Waals surface area contributed by atoms with E-state index in [1.54, 1.807) is 12.1 Å². The molecule has 0 fully saturated rings. The molecule has 2 aromatic heterocycles. The van der Waals surface area contributed by atoms with E-state index < -0.39 is 17.3 Å². The average Bonchev–Trinajstić information content (AvgIpc) is 3.09. The predicted octanol–water partition coefficient (Wildman–Crippen LogP) is 1.46. The van der Waals surface area contributed by atoms with Gasteiger partial charge >= 0.3 is 0 Å². The molecule has 0 aliphatic carbocycles. The number of hydrogen-bond donors (Lipinski definition) is 2. The highest BCUT2D eigenvalue weighted by atomic mass is 19.1. The molecule has 1 amide bonds. The number of fused-ring (bicyclic) bond motifs is 1. The summed E-state index contributed by atoms with van der Waals surface area (Å²) in [5, 5.41) is 24.0. The van der Waals surface area contributed by atoms with E-state index in [9.17, 15) is 19.1 Å². The molecule has 0 bridgehead atoms. The quantitative estimate of drug-likeness (QED) is 0.554. The molecule has 9 nitrogen and oxygen atoms in total. The Balaban J connectivity index is 1.61. The minimum absolute atomic E-state index is 0.00406. The summed E-state index contributed by atoms with van der Waals surface area (Å²) in [5.74, 6) is -0.900. The third kappa shape index (κ3) is 3.30. The number of benzene rings is 2. The summed E-state index contributed by atoms with van der Waals surface area (Å²) in [6.07, 6.45) is 1.32. The molecule has 4 aromatic rings. The molecule has 2 heterocycles. The van der Waals surface area contributed by atoms with Crippen LogP contribution in [0.2, 0.25) is 0 Å². The van der Waals surface area contributed by atoms with Gasteiger partial charge in [0.15, 0.2) is 5.65 Å². The zero-order valence-electron chi connectivity index (χ0n) is 14.3. The molecule has 10 heteroatoms. The topological polar surface area (TPSA) is 115 Å².